The molecule has 1 aromatic carbocycles. The first-order valence-electron chi connectivity index (χ1n) is 5.72. The lowest BCUT2D eigenvalue weighted by Gasteiger charge is -2.25. The highest BCUT2D eigenvalue weighted by atomic mass is 35.5. The zero-order valence-corrected chi connectivity index (χ0v) is 11.5. The normalized spacial score (nSPS) is 11.5. The molecule has 0 atom stereocenters. The van der Waals surface area contributed by atoms with Crippen molar-refractivity contribution in [3.8, 4) is 0 Å². The van der Waals surface area contributed by atoms with Crippen molar-refractivity contribution in [3.05, 3.63) is 23.2 Å². The van der Waals surface area contributed by atoms with Gasteiger partial charge in [-0.3, -0.25) is 0 Å². The number of nitrogen functional groups attached to an aromatic ring is 1. The number of methoxy groups -OCH3 is 1. The molecule has 0 heterocycles. The molecule has 1 rings (SSSR count). The topological polar surface area (TPSA) is 47.3 Å². The van der Waals surface area contributed by atoms with Gasteiger partial charge in [-0.2, -0.15) is 0 Å². The second-order valence-corrected chi connectivity index (χ2v) is 5.41. The summed E-state index contributed by atoms with van der Waals surface area (Å²) in [6, 6.07) is 5.51. The van der Waals surface area contributed by atoms with E-state index in [1.807, 2.05) is 12.1 Å². The van der Waals surface area contributed by atoms with Gasteiger partial charge < -0.3 is 15.8 Å². The summed E-state index contributed by atoms with van der Waals surface area (Å²) in [4.78, 5) is 0. The monoisotopic (exact) mass is 256 g/mol. The molecule has 0 amide bonds. The Kier molecular flexibility index (Phi) is 5.09. The van der Waals surface area contributed by atoms with E-state index in [2.05, 4.69) is 19.2 Å². The van der Waals surface area contributed by atoms with Gasteiger partial charge in [-0.25, -0.2) is 0 Å². The molecule has 0 aliphatic rings. The largest absolute Gasteiger partial charge is 0.399 e. The van der Waals surface area contributed by atoms with Crippen molar-refractivity contribution in [2.24, 2.45) is 5.41 Å². The number of nitrogens with two attached hydrogens (primary N) is 1. The minimum absolute atomic E-state index is 0.167. The number of nitrogens with one attached hydrogen (secondary N) is 1. The summed E-state index contributed by atoms with van der Waals surface area (Å²) in [6.07, 6.45) is 1.00. The van der Waals surface area contributed by atoms with Crippen LogP contribution in [0.4, 0.5) is 11.4 Å². The third kappa shape index (κ3) is 4.84. The Bertz CT molecular complexity index is 366. The predicted molar refractivity (Wildman–Crippen MR) is 74.6 cm³/mol. The molecule has 0 aliphatic carbocycles. The van der Waals surface area contributed by atoms with Crippen LogP contribution >= 0.6 is 11.6 Å². The molecule has 4 heteroatoms. The maximum atomic E-state index is 6.10. The lowest BCUT2D eigenvalue weighted by atomic mass is 9.89. The van der Waals surface area contributed by atoms with Crippen LogP contribution in [0.2, 0.25) is 5.02 Å². The number of anilines is 2. The van der Waals surface area contributed by atoms with Crippen LogP contribution in [0.15, 0.2) is 18.2 Å². The zero-order valence-electron chi connectivity index (χ0n) is 10.7. The fraction of sp³-hybridized carbons (Fsp3) is 0.538. The number of rotatable bonds is 6. The van der Waals surface area contributed by atoms with E-state index < -0.39 is 0 Å². The molecule has 0 saturated carbocycles. The van der Waals surface area contributed by atoms with Gasteiger partial charge in [0.25, 0.3) is 0 Å². The van der Waals surface area contributed by atoms with Crippen LogP contribution in [0.1, 0.15) is 20.3 Å². The molecule has 1 aromatic rings. The Morgan fingerprint density at radius 1 is 1.41 bits per heavy atom. The van der Waals surface area contributed by atoms with Crippen molar-refractivity contribution in [1.29, 1.82) is 0 Å². The van der Waals surface area contributed by atoms with Crippen LogP contribution in [-0.2, 0) is 4.74 Å². The van der Waals surface area contributed by atoms with Crippen LogP contribution in [0.5, 0.6) is 0 Å². The highest BCUT2D eigenvalue weighted by Crippen LogP contribution is 2.27. The lowest BCUT2D eigenvalue weighted by Crippen LogP contribution is -2.24. The van der Waals surface area contributed by atoms with E-state index >= 15 is 0 Å². The molecular weight excluding hydrogens is 236 g/mol. The Labute approximate surface area is 108 Å². The molecule has 0 spiro atoms. The number of halogens is 1. The zero-order chi connectivity index (χ0) is 12.9. The summed E-state index contributed by atoms with van der Waals surface area (Å²) >= 11 is 6.10. The Morgan fingerprint density at radius 2 is 2.12 bits per heavy atom. The van der Waals surface area contributed by atoms with Crippen molar-refractivity contribution in [3.63, 3.8) is 0 Å². The molecule has 0 fully saturated rings. The molecule has 0 aromatic heterocycles. The van der Waals surface area contributed by atoms with Gasteiger partial charge in [-0.1, -0.05) is 25.4 Å². The lowest BCUT2D eigenvalue weighted by molar-refractivity contribution is 0.157. The molecule has 0 radical (unpaired) electrons. The van der Waals surface area contributed by atoms with Gasteiger partial charge in [0.15, 0.2) is 0 Å². The molecule has 0 aliphatic heterocycles. The minimum atomic E-state index is 0.167. The van der Waals surface area contributed by atoms with Gasteiger partial charge in [-0.15, -0.1) is 0 Å². The van der Waals surface area contributed by atoms with Crippen molar-refractivity contribution in [1.82, 2.24) is 0 Å². The smallest absolute Gasteiger partial charge is 0.0657 e. The standard InChI is InChI=1S/C13H21ClN2O/c1-13(2,6-7-17-3)9-16-12-5-4-10(15)8-11(12)14/h4-5,8,16H,6-7,9,15H2,1-3H3. The van der Waals surface area contributed by atoms with E-state index in [1.54, 1.807) is 13.2 Å². The van der Waals surface area contributed by atoms with Gasteiger partial charge in [-0.05, 0) is 30.0 Å². The van der Waals surface area contributed by atoms with Crippen molar-refractivity contribution in [2.75, 3.05) is 31.3 Å². The molecule has 0 saturated heterocycles. The first-order chi connectivity index (χ1) is 7.94. The molecular formula is C13H21ClN2O. The number of hydrogen-bond donors (Lipinski definition) is 2. The predicted octanol–water partition coefficient (Wildman–Crippen LogP) is 3.40. The number of hydrogen-bond acceptors (Lipinski definition) is 3. The third-order valence-electron chi connectivity index (χ3n) is 2.73. The fourth-order valence-corrected chi connectivity index (χ4v) is 1.73. The average molecular weight is 257 g/mol. The second kappa shape index (κ2) is 6.12. The highest BCUT2D eigenvalue weighted by Gasteiger charge is 2.17. The second-order valence-electron chi connectivity index (χ2n) is 5.00. The summed E-state index contributed by atoms with van der Waals surface area (Å²) in [7, 11) is 1.72. The summed E-state index contributed by atoms with van der Waals surface area (Å²) in [5.41, 5.74) is 7.42. The summed E-state index contributed by atoms with van der Waals surface area (Å²) in [6.45, 7) is 6.01. The van der Waals surface area contributed by atoms with Gasteiger partial charge in [0.1, 0.15) is 0 Å². The van der Waals surface area contributed by atoms with Gasteiger partial charge in [0.2, 0.25) is 0 Å². The van der Waals surface area contributed by atoms with Crippen LogP contribution in [-0.4, -0.2) is 20.3 Å². The van der Waals surface area contributed by atoms with Crippen molar-refractivity contribution in [2.45, 2.75) is 20.3 Å². The Hall–Kier alpha value is -0.930. The molecule has 0 bridgehead atoms. The van der Waals surface area contributed by atoms with Crippen LogP contribution in [0.25, 0.3) is 0 Å². The van der Waals surface area contributed by atoms with Crippen molar-refractivity contribution >= 4 is 23.0 Å². The van der Waals surface area contributed by atoms with Gasteiger partial charge in [0.05, 0.1) is 10.7 Å². The van der Waals surface area contributed by atoms with Crippen LogP contribution in [0, 0.1) is 5.41 Å². The number of ether oxygens (including phenoxy) is 1. The average Bonchev–Trinajstić information content (AvgIpc) is 2.25. The molecule has 17 heavy (non-hydrogen) atoms. The van der Waals surface area contributed by atoms with E-state index in [0.29, 0.717) is 10.7 Å². The third-order valence-corrected chi connectivity index (χ3v) is 3.05. The summed E-state index contributed by atoms with van der Waals surface area (Å²) in [5.74, 6) is 0. The Morgan fingerprint density at radius 3 is 2.71 bits per heavy atom. The van der Waals surface area contributed by atoms with Gasteiger partial charge in [0, 0.05) is 25.9 Å². The van der Waals surface area contributed by atoms with E-state index in [4.69, 9.17) is 22.1 Å². The summed E-state index contributed by atoms with van der Waals surface area (Å²) in [5, 5.41) is 4.01. The first kappa shape index (κ1) is 14.1. The van der Waals surface area contributed by atoms with Crippen LogP contribution < -0.4 is 11.1 Å². The molecule has 96 valence electrons. The quantitative estimate of drug-likeness (QED) is 0.767. The van der Waals surface area contributed by atoms with E-state index in [0.717, 1.165) is 25.3 Å². The van der Waals surface area contributed by atoms with E-state index in [-0.39, 0.29) is 5.41 Å². The fourth-order valence-electron chi connectivity index (χ4n) is 1.48. The number of benzene rings is 1. The molecule has 3 N–H and O–H groups in total. The highest BCUT2D eigenvalue weighted by molar-refractivity contribution is 6.33. The van der Waals surface area contributed by atoms with Crippen LogP contribution in [0.3, 0.4) is 0 Å². The maximum Gasteiger partial charge on any atom is 0.0657 e. The minimum Gasteiger partial charge on any atom is -0.399 e. The van der Waals surface area contributed by atoms with E-state index in [9.17, 15) is 0 Å². The molecule has 3 nitrogen and oxygen atoms in total. The Balaban J connectivity index is 2.54. The summed E-state index contributed by atoms with van der Waals surface area (Å²) < 4.78 is 5.10. The van der Waals surface area contributed by atoms with Crippen molar-refractivity contribution < 1.29 is 4.74 Å². The SMILES string of the molecule is COCCC(C)(C)CNc1ccc(N)cc1Cl. The first-order valence-corrected chi connectivity index (χ1v) is 6.10. The molecule has 0 unspecified atom stereocenters. The van der Waals surface area contributed by atoms with E-state index in [1.165, 1.54) is 0 Å². The maximum absolute atomic E-state index is 6.10. The van der Waals surface area contributed by atoms with Gasteiger partial charge >= 0.3 is 0 Å².